The third kappa shape index (κ3) is 19.5. The van der Waals surface area contributed by atoms with E-state index >= 15 is 0 Å². The zero-order valence-corrected chi connectivity index (χ0v) is 56.1. The molecule has 0 aliphatic heterocycles. The Balaban J connectivity index is 1.36. The van der Waals surface area contributed by atoms with Crippen LogP contribution in [0.2, 0.25) is 5.02 Å². The second kappa shape index (κ2) is 30.4. The van der Waals surface area contributed by atoms with Crippen LogP contribution in [0.3, 0.4) is 0 Å². The highest BCUT2D eigenvalue weighted by molar-refractivity contribution is 7.99. The second-order valence-electron chi connectivity index (χ2n) is 19.8. The summed E-state index contributed by atoms with van der Waals surface area (Å²) in [7, 11) is -22.1. The number of aromatic hydroxyl groups is 1. The van der Waals surface area contributed by atoms with Gasteiger partial charge in [-0.3, -0.25) is 36.8 Å². The lowest BCUT2D eigenvalue weighted by atomic mass is 10.1. The highest BCUT2D eigenvalue weighted by Gasteiger charge is 2.29. The van der Waals surface area contributed by atoms with E-state index in [9.17, 15) is 90.1 Å². The van der Waals surface area contributed by atoms with Gasteiger partial charge in [0.05, 0.1) is 64.1 Å². The van der Waals surface area contributed by atoms with Gasteiger partial charge in [0, 0.05) is 35.3 Å². The number of aromatic nitrogens is 2. The van der Waals surface area contributed by atoms with Gasteiger partial charge >= 0.3 is 0 Å². The number of nitrogens with zero attached hydrogens (tertiary/aromatic N) is 12. The third-order valence-electron chi connectivity index (χ3n) is 12.7. The molecule has 0 radical (unpaired) electrons. The molecule has 0 aliphatic carbocycles. The molecule has 34 nitrogen and oxygen atoms in total. The van der Waals surface area contributed by atoms with E-state index in [-0.39, 0.29) is 149 Å². The predicted octanol–water partition coefficient (Wildman–Crippen LogP) is 11.7. The Morgan fingerprint density at radius 2 is 1.13 bits per heavy atom. The maximum Gasteiger partial charge on any atom is 0.300 e. The molecule has 7 aromatic rings. The number of amides is 2. The van der Waals surface area contributed by atoms with E-state index < -0.39 is 100 Å². The van der Waals surface area contributed by atoms with Gasteiger partial charge in [0.15, 0.2) is 16.2 Å². The largest absolute Gasteiger partial charge is 0.495 e. The molecule has 5 aromatic carbocycles. The van der Waals surface area contributed by atoms with Gasteiger partial charge in [-0.15, -0.1) is 59.3 Å². The van der Waals surface area contributed by atoms with Gasteiger partial charge in [0.25, 0.3) is 50.6 Å². The minimum Gasteiger partial charge on any atom is -0.495 e. The molecule has 2 amide bonds. The summed E-state index contributed by atoms with van der Waals surface area (Å²) < 4.78 is 180. The number of thioether (sulfide) groups is 2. The first kappa shape index (κ1) is 73.7. The fourth-order valence-corrected chi connectivity index (χ4v) is 14.1. The molecule has 502 valence electrons. The lowest BCUT2D eigenvalue weighted by molar-refractivity contribution is -0.115. The number of ether oxygens (including phenoxy) is 2. The minimum atomic E-state index is -5.01. The van der Waals surface area contributed by atoms with Gasteiger partial charge < -0.3 is 25.2 Å². The van der Waals surface area contributed by atoms with Crippen molar-refractivity contribution in [3.05, 3.63) is 87.9 Å². The average Bonchev–Trinajstić information content (AvgIpc) is 1.58. The Kier molecular flexibility index (Phi) is 23.6. The molecule has 0 saturated heterocycles. The monoisotopic (exact) mass is 1460 g/mol. The molecule has 42 heteroatoms. The first-order valence-electron chi connectivity index (χ1n) is 26.7. The molecule has 2 heterocycles. The molecule has 0 aliphatic rings. The minimum absolute atomic E-state index is 0.00263. The van der Waals surface area contributed by atoms with Crippen molar-refractivity contribution in [2.45, 2.75) is 66.5 Å². The van der Waals surface area contributed by atoms with Crippen LogP contribution in [-0.2, 0) is 60.2 Å². The molecule has 0 saturated carbocycles. The molecular formula is C53H51ClN14O20S7. The number of carbonyl (C=O) groups excluding carboxylic acids is 2. The van der Waals surface area contributed by atoms with E-state index in [1.807, 2.05) is 6.07 Å². The number of benzene rings is 5. The quantitative estimate of drug-likeness (QED) is 0.00977. The second-order valence-corrected chi connectivity index (χ2v) is 29.9. The van der Waals surface area contributed by atoms with E-state index in [0.29, 0.717) is 5.56 Å². The van der Waals surface area contributed by atoms with Crippen molar-refractivity contribution < 1.29 is 89.0 Å². The summed E-state index contributed by atoms with van der Waals surface area (Å²) in [6, 6.07) is 15.9. The zero-order chi connectivity index (χ0) is 70.1. The van der Waals surface area contributed by atoms with Crippen LogP contribution >= 0.6 is 35.1 Å². The van der Waals surface area contributed by atoms with Crippen LogP contribution < -0.4 is 20.1 Å². The molecule has 0 unspecified atom stereocenters. The number of anilines is 2. The topological polar surface area (TPSA) is 533 Å². The first-order valence-corrected chi connectivity index (χ1v) is 36.8. The molecule has 8 N–H and O–H groups in total. The smallest absolute Gasteiger partial charge is 0.300 e. The number of hydrogen-bond acceptors (Lipinski definition) is 28. The number of nitriles is 2. The van der Waals surface area contributed by atoms with Crippen LogP contribution in [0.4, 0.5) is 56.9 Å². The van der Waals surface area contributed by atoms with Crippen molar-refractivity contribution in [2.75, 3.05) is 53.1 Å². The van der Waals surface area contributed by atoms with Gasteiger partial charge in [-0.05, 0) is 105 Å². The van der Waals surface area contributed by atoms with E-state index in [1.165, 1.54) is 55.5 Å². The van der Waals surface area contributed by atoms with E-state index in [4.69, 9.17) is 21.1 Å². The number of hydrogen-bond donors (Lipinski definition) is 8. The number of nitrogens with one attached hydrogen (secondary N) is 2. The predicted molar refractivity (Wildman–Crippen MR) is 346 cm³/mol. The van der Waals surface area contributed by atoms with E-state index in [1.54, 1.807) is 13.0 Å². The van der Waals surface area contributed by atoms with E-state index in [2.05, 4.69) is 56.5 Å². The summed E-state index contributed by atoms with van der Waals surface area (Å²) in [6.45, 7) is 4.86. The Morgan fingerprint density at radius 1 is 0.621 bits per heavy atom. The summed E-state index contributed by atoms with van der Waals surface area (Å²) in [5, 5.41) is 71.0. The number of aryl methyl sites for hydroxylation is 1. The van der Waals surface area contributed by atoms with Crippen molar-refractivity contribution in [2.24, 2.45) is 40.9 Å². The number of fused-ring (bicyclic) bond motifs is 3. The molecule has 95 heavy (non-hydrogen) atoms. The molecular weight excluding hydrogens is 1410 g/mol. The van der Waals surface area contributed by atoms with Crippen molar-refractivity contribution in [3.63, 3.8) is 0 Å². The highest BCUT2D eigenvalue weighted by Crippen LogP contribution is 2.47. The Morgan fingerprint density at radius 3 is 1.61 bits per heavy atom. The van der Waals surface area contributed by atoms with Crippen LogP contribution in [0.1, 0.15) is 55.4 Å². The summed E-state index contributed by atoms with van der Waals surface area (Å²) >= 11 is 7.95. The first-order chi connectivity index (χ1) is 44.4. The van der Waals surface area contributed by atoms with Crippen LogP contribution in [0.5, 0.6) is 17.4 Å². The molecule has 7 rings (SSSR count). The SMILES string of the molecule is COc1ccc2c(nc3c(C#N)c(C)c(N=Nc4cc(C)c(N=Nc5cc(NC(C)=O)c(N=Nc6cc(NC(C)=O)c(N=Nc7cc(S(=O)(=O)O)c(Cl)cc7C#N)cc6SCCCS(=O)(=O)O)cc5SCCCS(=O)(=O)O)cc4OCCCS(=O)(=O)O)c(O)n32)c1S(=O)(=O)O. The number of carbonyl (C=O) groups is 2. The third-order valence-corrected chi connectivity index (χ3v) is 19.6. The van der Waals surface area contributed by atoms with Crippen molar-refractivity contribution in [1.82, 2.24) is 9.38 Å². The fraction of sp³-hybridized carbons (Fsp3) is 0.264. The van der Waals surface area contributed by atoms with E-state index in [0.717, 1.165) is 61.0 Å². The number of halogens is 1. The molecule has 0 bridgehead atoms. The average molecular weight is 1460 g/mol. The summed E-state index contributed by atoms with van der Waals surface area (Å²) in [5.41, 5.74) is -2.14. The van der Waals surface area contributed by atoms with Gasteiger partial charge in [0.2, 0.25) is 17.7 Å². The summed E-state index contributed by atoms with van der Waals surface area (Å²) in [6.07, 6.45) is -0.495. The number of rotatable bonds is 28. The molecule has 0 fully saturated rings. The van der Waals surface area contributed by atoms with Crippen LogP contribution in [0.25, 0.3) is 16.7 Å². The van der Waals surface area contributed by atoms with Crippen LogP contribution in [-0.4, -0.2) is 134 Å². The molecule has 2 aromatic heterocycles. The summed E-state index contributed by atoms with van der Waals surface area (Å²) in [4.78, 5) is 28.6. The van der Waals surface area contributed by atoms with Crippen LogP contribution in [0, 0.1) is 36.5 Å². The normalized spacial score (nSPS) is 12.6. The Labute approximate surface area is 554 Å². The standard InChI is InChI=1S/C53H51ClN14O20S7/c1-27-17-40(64-67-49-28(2)32(26-56)52-59-50-43(68(52)53(49)71)9-10-44(87-5)51(50)95(84,85)86)45(88-11-6-14-91(72,73)74)21-34(27)60-65-41-19-37(58-30(4)70)39(23-46(41)89-12-7-15-92(75,76)77)63-66-42-20-36(57-29(3)69)38(22-47(42)90-13-8-16-93(78,79)80)62-61-35-24-48(94(81,82)83)33(54)18-31(35)25-55/h9-10,17-24,71H,6-8,11-16H2,1-5H3,(H,57,69)(H,58,70)(H,72,73,74)(H,75,76,77)(H,78,79,80)(H,81,82,83)(H,84,85,86). The van der Waals surface area contributed by atoms with Crippen molar-refractivity contribution >= 4 is 171 Å². The van der Waals surface area contributed by atoms with Gasteiger partial charge in [-0.2, -0.15) is 57.7 Å². The maximum absolute atomic E-state index is 12.9. The fourth-order valence-electron chi connectivity index (χ4n) is 8.53. The number of pyridine rings is 1. The highest BCUT2D eigenvalue weighted by atomic mass is 35.5. The Hall–Kier alpha value is -8.69. The number of imidazole rings is 1. The Bertz CT molecular complexity index is 5100. The number of azo groups is 4. The summed E-state index contributed by atoms with van der Waals surface area (Å²) in [5.74, 6) is -4.51. The maximum atomic E-state index is 12.9. The lowest BCUT2D eigenvalue weighted by Gasteiger charge is -2.13. The number of methoxy groups -OCH3 is 1. The molecule has 0 atom stereocenters. The van der Waals surface area contributed by atoms with Crippen LogP contribution in [0.15, 0.2) is 121 Å². The zero-order valence-electron chi connectivity index (χ0n) is 49.6. The van der Waals surface area contributed by atoms with Crippen molar-refractivity contribution in [1.29, 1.82) is 10.5 Å². The van der Waals surface area contributed by atoms with Gasteiger partial charge in [-0.1, -0.05) is 11.6 Å². The van der Waals surface area contributed by atoms with Crippen molar-refractivity contribution in [3.8, 4) is 29.5 Å². The van der Waals surface area contributed by atoms with Gasteiger partial charge in [0.1, 0.15) is 73.7 Å². The van der Waals surface area contributed by atoms with Gasteiger partial charge in [-0.25, -0.2) is 4.98 Å². The molecule has 0 spiro atoms. The lowest BCUT2D eigenvalue weighted by Crippen LogP contribution is -2.08.